The van der Waals surface area contributed by atoms with Crippen LogP contribution in [0.4, 0.5) is 0 Å². The van der Waals surface area contributed by atoms with E-state index in [1.165, 1.54) is 16.6 Å². The molecule has 0 bridgehead atoms. The minimum atomic E-state index is 0.134. The predicted octanol–water partition coefficient (Wildman–Crippen LogP) is 4.75. The van der Waals surface area contributed by atoms with Gasteiger partial charge in [0.15, 0.2) is 0 Å². The van der Waals surface area contributed by atoms with Gasteiger partial charge < -0.3 is 4.57 Å². The van der Waals surface area contributed by atoms with Crippen molar-refractivity contribution in [2.45, 2.75) is 5.92 Å². The van der Waals surface area contributed by atoms with Crippen molar-refractivity contribution in [2.24, 2.45) is 7.05 Å². The molecule has 0 aliphatic carbocycles. The van der Waals surface area contributed by atoms with Crippen LogP contribution in [-0.2, 0) is 7.05 Å². The zero-order chi connectivity index (χ0) is 15.6. The summed E-state index contributed by atoms with van der Waals surface area (Å²) in [6, 6.07) is 29.5. The van der Waals surface area contributed by atoms with Crippen molar-refractivity contribution in [2.75, 3.05) is 0 Å². The smallest absolute Gasteiger partial charge is 0.121 e. The third kappa shape index (κ3) is 2.42. The molecule has 0 N–H and O–H groups in total. The van der Waals surface area contributed by atoms with Crippen LogP contribution >= 0.6 is 0 Å². The lowest BCUT2D eigenvalue weighted by Crippen LogP contribution is -2.09. The van der Waals surface area contributed by atoms with Crippen molar-refractivity contribution in [3.63, 3.8) is 0 Å². The summed E-state index contributed by atoms with van der Waals surface area (Å²) in [5.41, 5.74) is 4.73. The van der Waals surface area contributed by atoms with Crippen molar-refractivity contribution in [1.29, 1.82) is 0 Å². The van der Waals surface area contributed by atoms with E-state index < -0.39 is 0 Å². The predicted molar refractivity (Wildman–Crippen MR) is 94.5 cm³/mol. The lowest BCUT2D eigenvalue weighted by Gasteiger charge is -2.18. The molecule has 0 atom stereocenters. The first kappa shape index (κ1) is 13.8. The van der Waals surface area contributed by atoms with Gasteiger partial charge in [0, 0.05) is 7.05 Å². The summed E-state index contributed by atoms with van der Waals surface area (Å²) in [5, 5.41) is 0. The molecule has 0 saturated carbocycles. The number of benzene rings is 3. The highest BCUT2D eigenvalue weighted by atomic mass is 15.1. The SMILES string of the molecule is Cn1c(C(c2ccccc2)c2ccccc2)nc2ccccc21. The molecule has 1 heterocycles. The molecule has 0 spiro atoms. The van der Waals surface area contributed by atoms with Crippen molar-refractivity contribution >= 4 is 11.0 Å². The van der Waals surface area contributed by atoms with Crippen LogP contribution in [-0.4, -0.2) is 9.55 Å². The number of rotatable bonds is 3. The molecule has 0 aliphatic heterocycles. The van der Waals surface area contributed by atoms with E-state index in [0.29, 0.717) is 0 Å². The standard InChI is InChI=1S/C21H18N2/c1-23-19-15-9-8-14-18(19)22-21(23)20(16-10-4-2-5-11-16)17-12-6-3-7-13-17/h2-15,20H,1H3. The van der Waals surface area contributed by atoms with E-state index >= 15 is 0 Å². The largest absolute Gasteiger partial charge is 0.330 e. The second-order valence-corrected chi connectivity index (χ2v) is 5.77. The molecule has 0 radical (unpaired) electrons. The van der Waals surface area contributed by atoms with Crippen LogP contribution < -0.4 is 0 Å². The molecule has 0 amide bonds. The van der Waals surface area contributed by atoms with Gasteiger partial charge in [-0.1, -0.05) is 72.8 Å². The Hall–Kier alpha value is -2.87. The van der Waals surface area contributed by atoms with Crippen molar-refractivity contribution < 1.29 is 0 Å². The summed E-state index contributed by atoms with van der Waals surface area (Å²) >= 11 is 0. The average molecular weight is 298 g/mol. The van der Waals surface area contributed by atoms with Gasteiger partial charge in [-0.05, 0) is 23.3 Å². The number of imidazole rings is 1. The Morgan fingerprint density at radius 3 is 1.78 bits per heavy atom. The Morgan fingerprint density at radius 2 is 1.22 bits per heavy atom. The highest BCUT2D eigenvalue weighted by molar-refractivity contribution is 5.76. The Morgan fingerprint density at radius 1 is 0.696 bits per heavy atom. The molecule has 23 heavy (non-hydrogen) atoms. The zero-order valence-electron chi connectivity index (χ0n) is 13.1. The summed E-state index contributed by atoms with van der Waals surface area (Å²) in [4.78, 5) is 4.93. The van der Waals surface area contributed by atoms with Crippen LogP contribution in [0.5, 0.6) is 0 Å². The molecule has 0 aliphatic rings. The first-order chi connectivity index (χ1) is 11.3. The Balaban J connectivity index is 1.96. The maximum atomic E-state index is 4.93. The van der Waals surface area contributed by atoms with E-state index in [9.17, 15) is 0 Å². The molecule has 3 aromatic carbocycles. The van der Waals surface area contributed by atoms with Crippen molar-refractivity contribution in [3.8, 4) is 0 Å². The summed E-state index contributed by atoms with van der Waals surface area (Å²) in [5.74, 6) is 1.21. The van der Waals surface area contributed by atoms with Crippen molar-refractivity contribution in [3.05, 3.63) is 102 Å². The Labute approximate surface area is 136 Å². The van der Waals surface area contributed by atoms with Crippen LogP contribution in [0.25, 0.3) is 11.0 Å². The number of para-hydroxylation sites is 2. The van der Waals surface area contributed by atoms with Crippen LogP contribution in [0.3, 0.4) is 0 Å². The lowest BCUT2D eigenvalue weighted by atomic mass is 9.90. The first-order valence-corrected chi connectivity index (χ1v) is 7.86. The van der Waals surface area contributed by atoms with Crippen molar-refractivity contribution in [1.82, 2.24) is 9.55 Å². The maximum Gasteiger partial charge on any atom is 0.121 e. The third-order valence-corrected chi connectivity index (χ3v) is 4.35. The fourth-order valence-electron chi connectivity index (χ4n) is 3.20. The summed E-state index contributed by atoms with van der Waals surface area (Å²) in [6.45, 7) is 0. The van der Waals surface area contributed by atoms with Gasteiger partial charge in [-0.3, -0.25) is 0 Å². The quantitative estimate of drug-likeness (QED) is 0.533. The average Bonchev–Trinajstić information content (AvgIpc) is 2.94. The fourth-order valence-corrected chi connectivity index (χ4v) is 3.20. The van der Waals surface area contributed by atoms with Crippen LogP contribution in [0.1, 0.15) is 22.9 Å². The monoisotopic (exact) mass is 298 g/mol. The number of aryl methyl sites for hydroxylation is 1. The summed E-state index contributed by atoms with van der Waals surface area (Å²) in [7, 11) is 2.10. The van der Waals surface area contributed by atoms with Gasteiger partial charge in [0.25, 0.3) is 0 Å². The number of nitrogens with zero attached hydrogens (tertiary/aromatic N) is 2. The van der Waals surface area contributed by atoms with Gasteiger partial charge in [0.1, 0.15) is 5.82 Å². The zero-order valence-corrected chi connectivity index (χ0v) is 13.1. The van der Waals surface area contributed by atoms with E-state index in [-0.39, 0.29) is 5.92 Å². The molecular weight excluding hydrogens is 280 g/mol. The number of fused-ring (bicyclic) bond motifs is 1. The summed E-state index contributed by atoms with van der Waals surface area (Å²) in [6.07, 6.45) is 0. The van der Waals surface area contributed by atoms with Gasteiger partial charge in [-0.25, -0.2) is 4.98 Å². The van der Waals surface area contributed by atoms with Gasteiger partial charge in [-0.2, -0.15) is 0 Å². The molecule has 2 heteroatoms. The molecule has 1 aromatic heterocycles. The minimum Gasteiger partial charge on any atom is -0.330 e. The molecule has 4 rings (SSSR count). The first-order valence-electron chi connectivity index (χ1n) is 7.86. The van der Waals surface area contributed by atoms with Gasteiger partial charge >= 0.3 is 0 Å². The highest BCUT2D eigenvalue weighted by Gasteiger charge is 2.22. The van der Waals surface area contributed by atoms with Crippen LogP contribution in [0, 0.1) is 0 Å². The second-order valence-electron chi connectivity index (χ2n) is 5.77. The van der Waals surface area contributed by atoms with Gasteiger partial charge in [0.2, 0.25) is 0 Å². The molecule has 0 fully saturated rings. The van der Waals surface area contributed by atoms with E-state index in [2.05, 4.69) is 90.5 Å². The van der Waals surface area contributed by atoms with Crippen LogP contribution in [0.15, 0.2) is 84.9 Å². The fraction of sp³-hybridized carbons (Fsp3) is 0.0952. The molecule has 0 unspecified atom stereocenters. The number of hydrogen-bond donors (Lipinski definition) is 0. The van der Waals surface area contributed by atoms with Crippen LogP contribution in [0.2, 0.25) is 0 Å². The maximum absolute atomic E-state index is 4.93. The Bertz CT molecular complexity index is 884. The van der Waals surface area contributed by atoms with E-state index in [1.807, 2.05) is 6.07 Å². The van der Waals surface area contributed by atoms with E-state index in [4.69, 9.17) is 4.98 Å². The molecule has 112 valence electrons. The topological polar surface area (TPSA) is 17.8 Å². The molecule has 0 saturated heterocycles. The number of aromatic nitrogens is 2. The molecule has 4 aromatic rings. The Kier molecular flexibility index (Phi) is 3.43. The van der Waals surface area contributed by atoms with E-state index in [0.717, 1.165) is 11.3 Å². The minimum absolute atomic E-state index is 0.134. The van der Waals surface area contributed by atoms with Gasteiger partial charge in [-0.15, -0.1) is 0 Å². The number of hydrogen-bond acceptors (Lipinski definition) is 1. The lowest BCUT2D eigenvalue weighted by molar-refractivity contribution is 0.779. The summed E-state index contributed by atoms with van der Waals surface area (Å²) < 4.78 is 2.21. The van der Waals surface area contributed by atoms with Gasteiger partial charge in [0.05, 0.1) is 17.0 Å². The second kappa shape index (κ2) is 5.73. The third-order valence-electron chi connectivity index (χ3n) is 4.35. The van der Waals surface area contributed by atoms with E-state index in [1.54, 1.807) is 0 Å². The molecular formula is C21H18N2. The normalized spacial score (nSPS) is 11.2. The molecule has 2 nitrogen and oxygen atoms in total. The highest BCUT2D eigenvalue weighted by Crippen LogP contribution is 2.32.